The summed E-state index contributed by atoms with van der Waals surface area (Å²) in [6, 6.07) is 7.30. The van der Waals surface area contributed by atoms with Crippen molar-refractivity contribution in [3.05, 3.63) is 60.2 Å². The highest BCUT2D eigenvalue weighted by molar-refractivity contribution is 5.94. The Balaban J connectivity index is 0.000000317. The van der Waals surface area contributed by atoms with Crippen LogP contribution in [-0.2, 0) is 14.4 Å². The van der Waals surface area contributed by atoms with E-state index in [1.807, 2.05) is 17.0 Å². The number of pyridine rings is 2. The van der Waals surface area contributed by atoms with Crippen molar-refractivity contribution in [3.8, 4) is 0 Å². The number of aromatic nitrogens is 2. The number of rotatable bonds is 2. The summed E-state index contributed by atoms with van der Waals surface area (Å²) in [5.74, 6) is -5.55. The monoisotopic (exact) mass is 564 g/mol. The second kappa shape index (κ2) is 12.5. The Kier molecular flexibility index (Phi) is 9.96. The van der Waals surface area contributed by atoms with Crippen molar-refractivity contribution < 1.29 is 55.7 Å². The van der Waals surface area contributed by atoms with Gasteiger partial charge in [0.15, 0.2) is 0 Å². The number of likely N-dealkylation sites (tertiary alicyclic amines) is 1. The van der Waals surface area contributed by atoms with Gasteiger partial charge in [0.05, 0.1) is 5.92 Å². The average molecular weight is 564 g/mol. The summed E-state index contributed by atoms with van der Waals surface area (Å²) in [5, 5.41) is 17.5. The van der Waals surface area contributed by atoms with Crippen LogP contribution in [0.15, 0.2) is 49.1 Å². The SMILES string of the molecule is O=C(O)C(F)(F)F.O=C(O)C(F)(F)F.O=C1NC2(CCN(C(=O)c3ccncc3)CC2)CC1c1cccnc1. The molecule has 2 aromatic heterocycles. The third kappa shape index (κ3) is 8.93. The van der Waals surface area contributed by atoms with Gasteiger partial charge in [-0.1, -0.05) is 6.07 Å². The summed E-state index contributed by atoms with van der Waals surface area (Å²) in [6.07, 6.45) is -1.07. The van der Waals surface area contributed by atoms with Gasteiger partial charge in [-0.15, -0.1) is 0 Å². The molecule has 2 aromatic rings. The lowest BCUT2D eigenvalue weighted by molar-refractivity contribution is -0.193. The van der Waals surface area contributed by atoms with Gasteiger partial charge in [0, 0.05) is 49.0 Å². The molecule has 0 aliphatic carbocycles. The van der Waals surface area contributed by atoms with E-state index in [9.17, 15) is 35.9 Å². The second-order valence-electron chi connectivity index (χ2n) is 8.45. The van der Waals surface area contributed by atoms with Crippen LogP contribution in [0.5, 0.6) is 0 Å². The fourth-order valence-electron chi connectivity index (χ4n) is 3.88. The number of hydrogen-bond donors (Lipinski definition) is 3. The Bertz CT molecular complexity index is 1130. The third-order valence-electron chi connectivity index (χ3n) is 5.81. The number of hydrogen-bond acceptors (Lipinski definition) is 6. The molecule has 39 heavy (non-hydrogen) atoms. The van der Waals surface area contributed by atoms with Crippen molar-refractivity contribution in [2.75, 3.05) is 13.1 Å². The van der Waals surface area contributed by atoms with Crippen LogP contribution < -0.4 is 5.32 Å². The molecule has 0 bridgehead atoms. The summed E-state index contributed by atoms with van der Waals surface area (Å²) in [5.41, 5.74) is 1.42. The van der Waals surface area contributed by atoms with Crippen LogP contribution in [0.4, 0.5) is 26.3 Å². The van der Waals surface area contributed by atoms with Crippen LogP contribution in [0.2, 0.25) is 0 Å². The molecule has 1 unspecified atom stereocenters. The minimum atomic E-state index is -5.08. The minimum absolute atomic E-state index is 0.0328. The quantitative estimate of drug-likeness (QED) is 0.472. The standard InChI is InChI=1S/C19H20N4O2.2C2HF3O2/c24-17-16(15-2-1-7-21-13-15)12-19(22-17)5-10-23(11-6-19)18(25)14-3-8-20-9-4-14;2*3-2(4,5)1(6)7/h1-4,7-9,13,16H,5-6,10-12H2,(H,22,24);2*(H,6,7). The molecule has 2 fully saturated rings. The molecule has 0 radical (unpaired) electrons. The van der Waals surface area contributed by atoms with E-state index in [0.29, 0.717) is 18.7 Å². The van der Waals surface area contributed by atoms with Gasteiger partial charge in [-0.05, 0) is 43.0 Å². The molecule has 0 saturated carbocycles. The largest absolute Gasteiger partial charge is 0.490 e. The maximum Gasteiger partial charge on any atom is 0.490 e. The first-order valence-electron chi connectivity index (χ1n) is 11.1. The zero-order valence-corrected chi connectivity index (χ0v) is 19.9. The highest BCUT2D eigenvalue weighted by Gasteiger charge is 2.46. The Hall–Kier alpha value is -4.24. The maximum atomic E-state index is 12.6. The Morgan fingerprint density at radius 2 is 1.41 bits per heavy atom. The number of carboxylic acids is 2. The highest BCUT2D eigenvalue weighted by Crippen LogP contribution is 2.39. The number of carbonyl (C=O) groups is 4. The Morgan fingerprint density at radius 1 is 0.897 bits per heavy atom. The topological polar surface area (TPSA) is 150 Å². The van der Waals surface area contributed by atoms with Crippen LogP contribution >= 0.6 is 0 Å². The van der Waals surface area contributed by atoms with Crippen molar-refractivity contribution in [2.24, 2.45) is 0 Å². The number of carbonyl (C=O) groups excluding carboxylic acids is 2. The number of amides is 2. The van der Waals surface area contributed by atoms with E-state index < -0.39 is 24.3 Å². The molecule has 16 heteroatoms. The van der Waals surface area contributed by atoms with E-state index in [4.69, 9.17) is 19.8 Å². The van der Waals surface area contributed by atoms with E-state index in [1.54, 1.807) is 36.9 Å². The number of nitrogens with zero attached hydrogens (tertiary/aromatic N) is 3. The lowest BCUT2D eigenvalue weighted by Gasteiger charge is -2.39. The number of aliphatic carboxylic acids is 2. The lowest BCUT2D eigenvalue weighted by Crippen LogP contribution is -2.52. The van der Waals surface area contributed by atoms with Crippen LogP contribution in [0.3, 0.4) is 0 Å². The van der Waals surface area contributed by atoms with Gasteiger partial charge < -0.3 is 20.4 Å². The van der Waals surface area contributed by atoms with Crippen LogP contribution in [0.1, 0.15) is 41.1 Å². The van der Waals surface area contributed by atoms with Crippen molar-refractivity contribution in [2.45, 2.75) is 43.1 Å². The van der Waals surface area contributed by atoms with Crippen molar-refractivity contribution >= 4 is 23.8 Å². The Morgan fingerprint density at radius 3 is 1.85 bits per heavy atom. The van der Waals surface area contributed by atoms with Crippen molar-refractivity contribution in [1.82, 2.24) is 20.2 Å². The summed E-state index contributed by atoms with van der Waals surface area (Å²) in [4.78, 5) is 52.8. The summed E-state index contributed by atoms with van der Waals surface area (Å²) >= 11 is 0. The number of carboxylic acid groups (broad SMARTS) is 2. The zero-order chi connectivity index (χ0) is 29.4. The first-order valence-corrected chi connectivity index (χ1v) is 11.1. The van der Waals surface area contributed by atoms with Gasteiger partial charge in [0.25, 0.3) is 5.91 Å². The predicted octanol–water partition coefficient (Wildman–Crippen LogP) is 3.02. The molecule has 3 N–H and O–H groups in total. The molecule has 10 nitrogen and oxygen atoms in total. The van der Waals surface area contributed by atoms with Gasteiger partial charge in [-0.25, -0.2) is 9.59 Å². The van der Waals surface area contributed by atoms with Gasteiger partial charge in [-0.2, -0.15) is 26.3 Å². The molecule has 0 aromatic carbocycles. The minimum Gasteiger partial charge on any atom is -0.475 e. The molecule has 2 amide bonds. The van der Waals surface area contributed by atoms with Gasteiger partial charge in [0.2, 0.25) is 5.91 Å². The summed E-state index contributed by atoms with van der Waals surface area (Å²) < 4.78 is 63.5. The fourth-order valence-corrected chi connectivity index (χ4v) is 3.88. The zero-order valence-electron chi connectivity index (χ0n) is 19.9. The summed E-state index contributed by atoms with van der Waals surface area (Å²) in [7, 11) is 0. The smallest absolute Gasteiger partial charge is 0.475 e. The third-order valence-corrected chi connectivity index (χ3v) is 5.81. The molecular formula is C23H22F6N4O6. The van der Waals surface area contributed by atoms with E-state index in [-0.39, 0.29) is 23.3 Å². The van der Waals surface area contributed by atoms with Crippen LogP contribution in [0.25, 0.3) is 0 Å². The predicted molar refractivity (Wildman–Crippen MR) is 119 cm³/mol. The molecule has 4 rings (SSSR count). The van der Waals surface area contributed by atoms with E-state index in [2.05, 4.69) is 15.3 Å². The molecule has 2 aliphatic rings. The lowest BCUT2D eigenvalue weighted by atomic mass is 9.82. The van der Waals surface area contributed by atoms with E-state index in [1.165, 1.54) is 0 Å². The number of nitrogens with one attached hydrogen (secondary N) is 1. The fraction of sp³-hybridized carbons (Fsp3) is 0.391. The molecule has 212 valence electrons. The van der Waals surface area contributed by atoms with Crippen molar-refractivity contribution in [1.29, 1.82) is 0 Å². The highest BCUT2D eigenvalue weighted by atomic mass is 19.4. The second-order valence-corrected chi connectivity index (χ2v) is 8.45. The maximum absolute atomic E-state index is 12.6. The van der Waals surface area contributed by atoms with E-state index >= 15 is 0 Å². The number of alkyl halides is 6. The molecule has 1 atom stereocenters. The van der Waals surface area contributed by atoms with Crippen molar-refractivity contribution in [3.63, 3.8) is 0 Å². The van der Waals surface area contributed by atoms with Gasteiger partial charge >= 0.3 is 24.3 Å². The molecule has 2 aliphatic heterocycles. The molecule has 1 spiro atoms. The molecular weight excluding hydrogens is 542 g/mol. The van der Waals surface area contributed by atoms with E-state index in [0.717, 1.165) is 24.8 Å². The van der Waals surface area contributed by atoms with Crippen LogP contribution in [0, 0.1) is 0 Å². The number of piperidine rings is 1. The molecule has 4 heterocycles. The summed E-state index contributed by atoms with van der Waals surface area (Å²) in [6.45, 7) is 1.31. The number of halogens is 6. The first kappa shape index (κ1) is 31.0. The first-order chi connectivity index (χ1) is 18.1. The molecule has 2 saturated heterocycles. The average Bonchev–Trinajstić information content (AvgIpc) is 3.20. The van der Waals surface area contributed by atoms with Crippen LogP contribution in [-0.4, -0.2) is 79.8 Å². The van der Waals surface area contributed by atoms with Gasteiger partial charge in [0.1, 0.15) is 0 Å². The van der Waals surface area contributed by atoms with Gasteiger partial charge in [-0.3, -0.25) is 19.6 Å². The normalized spacial score (nSPS) is 18.2. The Labute approximate surface area is 216 Å².